The number of carbonyl (C=O) groups excluding carboxylic acids is 2. The predicted octanol–water partition coefficient (Wildman–Crippen LogP) is 5.02. The van der Waals surface area contributed by atoms with Gasteiger partial charge in [-0.05, 0) is 34.7 Å². The molecule has 2 aromatic rings. The van der Waals surface area contributed by atoms with Crippen molar-refractivity contribution >= 4 is 43.7 Å². The van der Waals surface area contributed by atoms with Crippen LogP contribution in [0.3, 0.4) is 0 Å². The molecule has 4 nitrogen and oxygen atoms in total. The number of nitrogens with one attached hydrogen (secondary N) is 1. The van der Waals surface area contributed by atoms with E-state index in [1.807, 2.05) is 18.2 Å². The van der Waals surface area contributed by atoms with Crippen LogP contribution in [-0.2, 0) is 21.4 Å². The van der Waals surface area contributed by atoms with Gasteiger partial charge in [0.05, 0.1) is 7.11 Å². The Morgan fingerprint density at radius 3 is 2.07 bits per heavy atom. The lowest BCUT2D eigenvalue weighted by atomic mass is 9.86. The lowest BCUT2D eigenvalue weighted by molar-refractivity contribution is -0.142. The van der Waals surface area contributed by atoms with Crippen molar-refractivity contribution in [1.82, 2.24) is 5.32 Å². The van der Waals surface area contributed by atoms with Crippen LogP contribution < -0.4 is 5.32 Å². The molecule has 1 atom stereocenters. The second-order valence-electron chi connectivity index (χ2n) is 7.36. The van der Waals surface area contributed by atoms with Crippen LogP contribution in [0, 0.1) is 0 Å². The van der Waals surface area contributed by atoms with E-state index >= 15 is 0 Å². The molecule has 0 heterocycles. The van der Waals surface area contributed by atoms with Gasteiger partial charge in [0.2, 0.25) is 0 Å². The van der Waals surface area contributed by atoms with Gasteiger partial charge in [0.25, 0.3) is 5.91 Å². The number of hydrogen-bond donors (Lipinski definition) is 1. The molecule has 0 unspecified atom stereocenters. The molecule has 0 radical (unpaired) electrons. The summed E-state index contributed by atoms with van der Waals surface area (Å²) in [5.74, 6) is -0.809. The second kappa shape index (κ2) is 9.02. The van der Waals surface area contributed by atoms with E-state index in [-0.39, 0.29) is 11.3 Å². The van der Waals surface area contributed by atoms with Crippen molar-refractivity contribution in [1.29, 1.82) is 0 Å². The smallest absolute Gasteiger partial charge is 0.328 e. The molecule has 2 rings (SSSR count). The Hall–Kier alpha value is -1.66. The number of methoxy groups -OCH3 is 1. The van der Waals surface area contributed by atoms with E-state index in [4.69, 9.17) is 4.74 Å². The SMILES string of the molecule is COC(=O)[C@H](Cc1ccc(C(C)(C)C)cc1)NC(=O)c1cc(Br)cc(Br)c1. The van der Waals surface area contributed by atoms with Crippen LogP contribution in [0.4, 0.5) is 0 Å². The van der Waals surface area contributed by atoms with Gasteiger partial charge in [-0.15, -0.1) is 0 Å². The maximum atomic E-state index is 12.6. The summed E-state index contributed by atoms with van der Waals surface area (Å²) in [7, 11) is 1.32. The van der Waals surface area contributed by atoms with Gasteiger partial charge in [0.1, 0.15) is 6.04 Å². The maximum absolute atomic E-state index is 12.6. The molecule has 144 valence electrons. The molecule has 6 heteroatoms. The molecule has 0 aliphatic carbocycles. The lowest BCUT2D eigenvalue weighted by Crippen LogP contribution is -2.43. The normalized spacial score (nSPS) is 12.4. The van der Waals surface area contributed by atoms with Crippen molar-refractivity contribution in [3.63, 3.8) is 0 Å². The van der Waals surface area contributed by atoms with Gasteiger partial charge in [0.15, 0.2) is 0 Å². The first-order valence-corrected chi connectivity index (χ1v) is 10.1. The molecule has 2 aromatic carbocycles. The summed E-state index contributed by atoms with van der Waals surface area (Å²) in [6.45, 7) is 6.45. The highest BCUT2D eigenvalue weighted by Gasteiger charge is 2.23. The Bertz CT molecular complexity index is 806. The zero-order valence-electron chi connectivity index (χ0n) is 15.8. The Balaban J connectivity index is 2.18. The van der Waals surface area contributed by atoms with Crippen molar-refractivity contribution in [2.45, 2.75) is 38.6 Å². The van der Waals surface area contributed by atoms with E-state index in [0.29, 0.717) is 12.0 Å². The number of carbonyl (C=O) groups is 2. The zero-order valence-corrected chi connectivity index (χ0v) is 19.0. The van der Waals surface area contributed by atoms with E-state index in [1.54, 1.807) is 12.1 Å². The van der Waals surface area contributed by atoms with Crippen LogP contribution in [0.5, 0.6) is 0 Å². The maximum Gasteiger partial charge on any atom is 0.328 e. The number of esters is 1. The minimum atomic E-state index is -0.763. The van der Waals surface area contributed by atoms with E-state index in [0.717, 1.165) is 14.5 Å². The Morgan fingerprint density at radius 1 is 1.04 bits per heavy atom. The molecule has 0 bridgehead atoms. The van der Waals surface area contributed by atoms with Crippen molar-refractivity contribution < 1.29 is 14.3 Å². The first-order chi connectivity index (χ1) is 12.6. The van der Waals surface area contributed by atoms with Gasteiger partial charge in [0, 0.05) is 20.9 Å². The molecule has 0 aliphatic rings. The first-order valence-electron chi connectivity index (χ1n) is 8.54. The summed E-state index contributed by atoms with van der Waals surface area (Å²) in [5, 5.41) is 2.78. The molecule has 27 heavy (non-hydrogen) atoms. The van der Waals surface area contributed by atoms with Crippen molar-refractivity contribution in [3.8, 4) is 0 Å². The summed E-state index contributed by atoms with van der Waals surface area (Å²) in [6, 6.07) is 12.6. The van der Waals surface area contributed by atoms with Crippen LogP contribution in [0.1, 0.15) is 42.3 Å². The number of rotatable bonds is 5. The van der Waals surface area contributed by atoms with Gasteiger partial charge in [-0.1, -0.05) is 76.9 Å². The third kappa shape index (κ3) is 6.18. The minimum absolute atomic E-state index is 0.0581. The third-order valence-corrected chi connectivity index (χ3v) is 5.09. The summed E-state index contributed by atoms with van der Waals surface area (Å²) in [6.07, 6.45) is 0.359. The fraction of sp³-hybridized carbons (Fsp3) is 0.333. The topological polar surface area (TPSA) is 55.4 Å². The molecule has 0 spiro atoms. The van der Waals surface area contributed by atoms with Crippen LogP contribution >= 0.6 is 31.9 Å². The minimum Gasteiger partial charge on any atom is -0.467 e. The average molecular weight is 497 g/mol. The quantitative estimate of drug-likeness (QED) is 0.591. The first kappa shape index (κ1) is 21.6. The van der Waals surface area contributed by atoms with Gasteiger partial charge in [-0.25, -0.2) is 4.79 Å². The Morgan fingerprint density at radius 2 is 1.59 bits per heavy atom. The highest BCUT2D eigenvalue weighted by atomic mass is 79.9. The molecule has 1 amide bonds. The van der Waals surface area contributed by atoms with E-state index in [1.165, 1.54) is 12.7 Å². The third-order valence-electron chi connectivity index (χ3n) is 4.18. The fourth-order valence-corrected chi connectivity index (χ4v) is 3.93. The van der Waals surface area contributed by atoms with E-state index in [9.17, 15) is 9.59 Å². The van der Waals surface area contributed by atoms with Crippen LogP contribution in [0.15, 0.2) is 51.4 Å². The number of ether oxygens (including phenoxy) is 1. The van der Waals surface area contributed by atoms with Crippen molar-refractivity contribution in [3.05, 3.63) is 68.1 Å². The number of amides is 1. The van der Waals surface area contributed by atoms with Gasteiger partial charge >= 0.3 is 5.97 Å². The van der Waals surface area contributed by atoms with Crippen molar-refractivity contribution in [2.24, 2.45) is 0 Å². The Labute approximate surface area is 176 Å². The second-order valence-corrected chi connectivity index (χ2v) is 9.19. The molecule has 0 saturated heterocycles. The van der Waals surface area contributed by atoms with Crippen LogP contribution in [0.25, 0.3) is 0 Å². The van der Waals surface area contributed by atoms with E-state index < -0.39 is 12.0 Å². The summed E-state index contributed by atoms with van der Waals surface area (Å²) < 4.78 is 6.42. The highest BCUT2D eigenvalue weighted by molar-refractivity contribution is 9.11. The molecule has 1 N–H and O–H groups in total. The number of halogens is 2. The van der Waals surface area contributed by atoms with Crippen molar-refractivity contribution in [2.75, 3.05) is 7.11 Å². The number of hydrogen-bond acceptors (Lipinski definition) is 3. The molecule has 0 aliphatic heterocycles. The summed E-state index contributed by atoms with van der Waals surface area (Å²) >= 11 is 6.73. The average Bonchev–Trinajstić information content (AvgIpc) is 2.59. The fourth-order valence-electron chi connectivity index (χ4n) is 2.64. The standard InChI is InChI=1S/C21H23Br2NO3/c1-21(2,3)15-7-5-13(6-8-15)9-18(20(26)27-4)24-19(25)14-10-16(22)12-17(23)11-14/h5-8,10-12,18H,9H2,1-4H3,(H,24,25)/t18-/m0/s1. The van der Waals surface area contributed by atoms with E-state index in [2.05, 4.69) is 70.1 Å². The highest BCUT2D eigenvalue weighted by Crippen LogP contribution is 2.23. The molecular formula is C21H23Br2NO3. The molecule has 0 aromatic heterocycles. The van der Waals surface area contributed by atoms with Gasteiger partial charge in [-0.2, -0.15) is 0 Å². The predicted molar refractivity (Wildman–Crippen MR) is 114 cm³/mol. The largest absolute Gasteiger partial charge is 0.467 e. The zero-order chi connectivity index (χ0) is 20.2. The Kier molecular flexibility index (Phi) is 7.23. The summed E-state index contributed by atoms with van der Waals surface area (Å²) in [5.41, 5.74) is 2.68. The number of benzene rings is 2. The molecular weight excluding hydrogens is 474 g/mol. The molecule has 0 saturated carbocycles. The van der Waals surface area contributed by atoms with Gasteiger partial charge < -0.3 is 10.1 Å². The lowest BCUT2D eigenvalue weighted by Gasteiger charge is -2.20. The monoisotopic (exact) mass is 495 g/mol. The summed E-state index contributed by atoms with van der Waals surface area (Å²) in [4.78, 5) is 24.8. The van der Waals surface area contributed by atoms with Gasteiger partial charge in [-0.3, -0.25) is 4.79 Å². The van der Waals surface area contributed by atoms with Crippen LogP contribution in [0.2, 0.25) is 0 Å². The van der Waals surface area contributed by atoms with Crippen LogP contribution in [-0.4, -0.2) is 25.0 Å². The molecule has 0 fully saturated rings.